The van der Waals surface area contributed by atoms with E-state index in [4.69, 9.17) is 14.0 Å². The standard InChI is InChI=1S/C25H35N8O8P/c1-14(2)40-17-9-20(41-18(17)11-39-42(37,38)15(3)4)33-10-16(24(35)32-25(33)36)5-6-19(34)26-7-8-27-22-21-23(29-12-28-21)31-13-30-22/h5-6,10,12-15,17-18,20H,7-9,11H2,1-4H3,(H,26,34)(H,37,38)(H,32,35,36)(H2,27,28,29,30,31)/p-1/b6-5+/t17?,18-,20-/m1/s1. The molecule has 0 aliphatic carbocycles. The third kappa shape index (κ3) is 7.77. The van der Waals surface area contributed by atoms with E-state index in [0.717, 1.165) is 0 Å². The molecule has 0 bridgehead atoms. The van der Waals surface area contributed by atoms with E-state index >= 15 is 0 Å². The number of carbonyl (C=O) groups is 1. The predicted octanol–water partition coefficient (Wildman–Crippen LogP) is 0.504. The van der Waals surface area contributed by atoms with Gasteiger partial charge in [0.2, 0.25) is 5.91 Å². The van der Waals surface area contributed by atoms with E-state index in [1.165, 1.54) is 49.4 Å². The lowest BCUT2D eigenvalue weighted by Gasteiger charge is -2.29. The highest BCUT2D eigenvalue weighted by Crippen LogP contribution is 2.43. The van der Waals surface area contributed by atoms with Crippen LogP contribution < -0.4 is 26.8 Å². The van der Waals surface area contributed by atoms with E-state index in [-0.39, 0.29) is 31.2 Å². The molecule has 16 nitrogen and oxygen atoms in total. The number of nitrogens with zero attached hydrogens (tertiary/aromatic N) is 4. The summed E-state index contributed by atoms with van der Waals surface area (Å²) < 4.78 is 30.4. The molecule has 1 fully saturated rings. The maximum absolute atomic E-state index is 12.7. The average Bonchev–Trinajstić information content (AvgIpc) is 3.56. The van der Waals surface area contributed by atoms with Crippen LogP contribution in [0.25, 0.3) is 17.2 Å². The Morgan fingerprint density at radius 2 is 2.05 bits per heavy atom. The summed E-state index contributed by atoms with van der Waals surface area (Å²) in [7, 11) is -4.11. The minimum atomic E-state index is -4.11. The number of aromatic nitrogens is 6. The van der Waals surface area contributed by atoms with Gasteiger partial charge in [-0.15, -0.1) is 0 Å². The summed E-state index contributed by atoms with van der Waals surface area (Å²) in [5, 5.41) is 5.77. The summed E-state index contributed by atoms with van der Waals surface area (Å²) in [6, 6.07) is 0. The molecule has 1 amide bonds. The van der Waals surface area contributed by atoms with Crippen molar-refractivity contribution >= 4 is 36.6 Å². The van der Waals surface area contributed by atoms with Gasteiger partial charge < -0.3 is 39.1 Å². The fourth-order valence-electron chi connectivity index (χ4n) is 4.16. The molecule has 3 aromatic rings. The van der Waals surface area contributed by atoms with Crippen LogP contribution in [0.2, 0.25) is 0 Å². The molecule has 228 valence electrons. The van der Waals surface area contributed by atoms with Gasteiger partial charge in [0, 0.05) is 37.4 Å². The van der Waals surface area contributed by atoms with Crippen molar-refractivity contribution in [2.75, 3.05) is 25.0 Å². The van der Waals surface area contributed by atoms with Crippen LogP contribution in [-0.4, -0.2) is 79.1 Å². The molecule has 0 radical (unpaired) electrons. The Kier molecular flexibility index (Phi) is 10.1. The molecule has 4 N–H and O–H groups in total. The van der Waals surface area contributed by atoms with Crippen molar-refractivity contribution < 1.29 is 28.3 Å². The van der Waals surface area contributed by atoms with E-state index in [9.17, 15) is 23.8 Å². The summed E-state index contributed by atoms with van der Waals surface area (Å²) in [6.07, 6.45) is 4.42. The summed E-state index contributed by atoms with van der Waals surface area (Å²) in [5.41, 5.74) is -0.928. The smallest absolute Gasteiger partial charge is 0.330 e. The molecular weight excluding hydrogens is 571 g/mol. The van der Waals surface area contributed by atoms with Crippen molar-refractivity contribution in [1.82, 2.24) is 34.8 Å². The van der Waals surface area contributed by atoms with Crippen molar-refractivity contribution in [2.45, 2.75) is 64.3 Å². The molecule has 1 saturated heterocycles. The molecule has 4 heterocycles. The van der Waals surface area contributed by atoms with Crippen LogP contribution in [0.5, 0.6) is 0 Å². The van der Waals surface area contributed by atoms with Crippen LogP contribution >= 0.6 is 7.60 Å². The zero-order chi connectivity index (χ0) is 30.4. The lowest BCUT2D eigenvalue weighted by Crippen LogP contribution is -2.34. The first kappa shape index (κ1) is 31.3. The molecule has 0 spiro atoms. The zero-order valence-electron chi connectivity index (χ0n) is 23.6. The minimum Gasteiger partial charge on any atom is -0.778 e. The van der Waals surface area contributed by atoms with Crippen LogP contribution in [0.4, 0.5) is 5.82 Å². The highest BCUT2D eigenvalue weighted by Gasteiger charge is 2.39. The van der Waals surface area contributed by atoms with Crippen molar-refractivity contribution in [2.24, 2.45) is 0 Å². The van der Waals surface area contributed by atoms with Crippen molar-refractivity contribution in [1.29, 1.82) is 0 Å². The lowest BCUT2D eigenvalue weighted by atomic mass is 10.2. The predicted molar refractivity (Wildman–Crippen MR) is 151 cm³/mol. The van der Waals surface area contributed by atoms with Crippen LogP contribution in [0, 0.1) is 0 Å². The lowest BCUT2D eigenvalue weighted by molar-refractivity contribution is -0.204. The van der Waals surface area contributed by atoms with Crippen molar-refractivity contribution in [3.63, 3.8) is 0 Å². The number of H-pyrrole nitrogens is 2. The number of hydrogen-bond acceptors (Lipinski definition) is 12. The number of fused-ring (bicyclic) bond motifs is 1. The van der Waals surface area contributed by atoms with Gasteiger partial charge in [0.25, 0.3) is 5.56 Å². The van der Waals surface area contributed by atoms with Crippen molar-refractivity contribution in [3.05, 3.63) is 51.3 Å². The van der Waals surface area contributed by atoms with E-state index < -0.39 is 48.8 Å². The Balaban J connectivity index is 1.38. The Bertz CT molecular complexity index is 1580. The summed E-state index contributed by atoms with van der Waals surface area (Å²) in [4.78, 5) is 67.0. The van der Waals surface area contributed by atoms with E-state index in [2.05, 4.69) is 35.6 Å². The third-order valence-corrected chi connectivity index (χ3v) is 8.11. The Labute approximate surface area is 240 Å². The number of amides is 1. The highest BCUT2D eigenvalue weighted by atomic mass is 31.2. The molecule has 4 atom stereocenters. The first-order valence-electron chi connectivity index (χ1n) is 13.4. The molecule has 0 saturated carbocycles. The molecule has 17 heteroatoms. The Morgan fingerprint density at radius 3 is 2.79 bits per heavy atom. The number of hydrogen-bond donors (Lipinski definition) is 4. The molecule has 1 aliphatic heterocycles. The van der Waals surface area contributed by atoms with Crippen LogP contribution in [0.1, 0.15) is 45.9 Å². The maximum Gasteiger partial charge on any atom is 0.330 e. The SMILES string of the molecule is CC(C)OC1C[C@H](n2cc(/C=C/C(=O)NCCNc3ncnc4nc[nH]c34)c(=O)[nH]c2=O)O[C@@H]1COP(=O)([O-])C(C)C. The number of aromatic amines is 2. The van der Waals surface area contributed by atoms with E-state index in [1.807, 2.05) is 13.8 Å². The molecule has 2 unspecified atom stereocenters. The average molecular weight is 606 g/mol. The van der Waals surface area contributed by atoms with E-state index in [1.54, 1.807) is 0 Å². The van der Waals surface area contributed by atoms with Crippen molar-refractivity contribution in [3.8, 4) is 0 Å². The first-order chi connectivity index (χ1) is 19.9. The maximum atomic E-state index is 12.7. The number of rotatable bonds is 13. The third-order valence-electron chi connectivity index (χ3n) is 6.34. The van der Waals surface area contributed by atoms with E-state index in [0.29, 0.717) is 23.5 Å². The highest BCUT2D eigenvalue weighted by molar-refractivity contribution is 7.52. The van der Waals surface area contributed by atoms with Gasteiger partial charge in [0.1, 0.15) is 31.8 Å². The molecule has 4 rings (SSSR count). The van der Waals surface area contributed by atoms with Gasteiger partial charge in [0.15, 0.2) is 11.5 Å². The van der Waals surface area contributed by atoms with Gasteiger partial charge in [-0.1, -0.05) is 13.8 Å². The minimum absolute atomic E-state index is 0.0407. The second-order valence-corrected chi connectivity index (χ2v) is 12.5. The number of ether oxygens (including phenoxy) is 2. The molecule has 1 aliphatic rings. The number of nitrogens with one attached hydrogen (secondary N) is 4. The van der Waals surface area contributed by atoms with Gasteiger partial charge in [-0.2, -0.15) is 0 Å². The van der Waals surface area contributed by atoms with Gasteiger partial charge in [0.05, 0.1) is 30.7 Å². The summed E-state index contributed by atoms with van der Waals surface area (Å²) in [6.45, 7) is 7.00. The Hall–Kier alpha value is -3.69. The normalized spacial score (nSPS) is 20.5. The largest absolute Gasteiger partial charge is 0.778 e. The second kappa shape index (κ2) is 13.5. The second-order valence-electron chi connectivity index (χ2n) is 10.1. The van der Waals surface area contributed by atoms with Gasteiger partial charge in [-0.05, 0) is 19.9 Å². The molecule has 0 aromatic carbocycles. The number of anilines is 1. The fraction of sp³-hybridized carbons (Fsp3) is 0.520. The zero-order valence-corrected chi connectivity index (χ0v) is 24.5. The molecular formula is C25H34N8O8P-. The van der Waals surface area contributed by atoms with Crippen LogP contribution in [-0.2, 0) is 23.4 Å². The van der Waals surface area contributed by atoms with Crippen LogP contribution in [0.3, 0.4) is 0 Å². The summed E-state index contributed by atoms with van der Waals surface area (Å²) in [5.74, 6) is 0.0808. The quantitative estimate of drug-likeness (QED) is 0.119. The fourth-order valence-corrected chi connectivity index (χ4v) is 4.82. The monoisotopic (exact) mass is 605 g/mol. The topological polar surface area (TPSA) is 218 Å². The van der Waals surface area contributed by atoms with Gasteiger partial charge in [-0.3, -0.25) is 19.1 Å². The Morgan fingerprint density at radius 1 is 1.26 bits per heavy atom. The first-order valence-corrected chi connectivity index (χ1v) is 15.0. The van der Waals surface area contributed by atoms with Gasteiger partial charge in [-0.25, -0.2) is 19.7 Å². The molecule has 3 aromatic heterocycles. The molecule has 42 heavy (non-hydrogen) atoms. The number of imidazole rings is 1. The van der Waals surface area contributed by atoms with Crippen LogP contribution in [0.15, 0.2) is 34.5 Å². The summed E-state index contributed by atoms with van der Waals surface area (Å²) >= 11 is 0. The number of carbonyl (C=O) groups excluding carboxylic acids is 1. The van der Waals surface area contributed by atoms with Gasteiger partial charge >= 0.3 is 5.69 Å².